The maximum atomic E-state index is 13.2. The van der Waals surface area contributed by atoms with E-state index in [9.17, 15) is 4.79 Å². The number of carbonyl (C=O) groups excluding carboxylic acids is 1. The van der Waals surface area contributed by atoms with Crippen molar-refractivity contribution in [2.75, 3.05) is 0 Å². The molecule has 0 aromatic rings. The van der Waals surface area contributed by atoms with Crippen molar-refractivity contribution in [1.82, 2.24) is 0 Å². The van der Waals surface area contributed by atoms with Gasteiger partial charge in [-0.15, -0.1) is 0 Å². The van der Waals surface area contributed by atoms with Gasteiger partial charge in [-0.05, 0) is 36.7 Å². The van der Waals surface area contributed by atoms with Crippen molar-refractivity contribution < 1.29 is 9.53 Å². The molecule has 3 rings (SSSR count). The van der Waals surface area contributed by atoms with Crippen LogP contribution in [0.3, 0.4) is 0 Å². The van der Waals surface area contributed by atoms with E-state index < -0.39 is 11.9 Å². The minimum atomic E-state index is -0.757. The fraction of sp³-hybridized carbons (Fsp3) is 0.722. The molecule has 1 fully saturated rings. The van der Waals surface area contributed by atoms with Gasteiger partial charge in [0.1, 0.15) is 18.0 Å². The molecule has 2 bridgehead atoms. The van der Waals surface area contributed by atoms with Gasteiger partial charge in [0.05, 0.1) is 5.57 Å². The Hall–Kier alpha value is 1.83. The van der Waals surface area contributed by atoms with Gasteiger partial charge in [0.15, 0.2) is 0 Å². The molecule has 2 nitrogen and oxygen atoms in total. The van der Waals surface area contributed by atoms with E-state index in [1.807, 2.05) is 6.08 Å². The van der Waals surface area contributed by atoms with Crippen LogP contribution in [0.5, 0.6) is 0 Å². The minimum Gasteiger partial charge on any atom is -0.459 e. The molecule has 0 unspecified atom stereocenters. The Bertz CT molecular complexity index is 700. The summed E-state index contributed by atoms with van der Waals surface area (Å²) in [4.78, 5) is 13.2. The standard InChI is InChI=1S/C18H20Br6O2/c1-8(2)10-5-4-9(3)6-12(10)26-15(25)11-7-16(21)13(19)14(20)17(11,22)18(16,23)24/h7-10,12H,4-6H2,1-3H3/t9-,10+,12-,16-,17+/m1/s1. The predicted molar refractivity (Wildman–Crippen MR) is 128 cm³/mol. The van der Waals surface area contributed by atoms with E-state index in [1.54, 1.807) is 0 Å². The van der Waals surface area contributed by atoms with Crippen LogP contribution in [-0.4, -0.2) is 24.0 Å². The quantitative estimate of drug-likeness (QED) is 0.219. The number of esters is 1. The summed E-state index contributed by atoms with van der Waals surface area (Å²) in [7, 11) is 0. The Labute approximate surface area is 205 Å². The number of allylic oxidation sites excluding steroid dienone is 3. The molecule has 8 heteroatoms. The maximum Gasteiger partial charge on any atom is 0.335 e. The third-order valence-electron chi connectivity index (χ3n) is 5.86. The largest absolute Gasteiger partial charge is 0.459 e. The van der Waals surface area contributed by atoms with E-state index in [2.05, 4.69) is 116 Å². The normalized spacial score (nSPS) is 41.6. The molecule has 146 valence electrons. The Morgan fingerprint density at radius 2 is 1.77 bits per heavy atom. The first-order chi connectivity index (χ1) is 11.9. The third kappa shape index (κ3) is 3.09. The number of alkyl halides is 4. The first-order valence-electron chi connectivity index (χ1n) is 8.64. The first-order valence-corrected chi connectivity index (χ1v) is 13.4. The first kappa shape index (κ1) is 22.5. The summed E-state index contributed by atoms with van der Waals surface area (Å²) >= 11 is 22.4. The molecule has 3 aliphatic carbocycles. The molecule has 1 saturated carbocycles. The zero-order valence-corrected chi connectivity index (χ0v) is 24.1. The lowest BCUT2D eigenvalue weighted by Gasteiger charge is -2.38. The van der Waals surface area contributed by atoms with Crippen molar-refractivity contribution in [2.45, 2.75) is 58.0 Å². The topological polar surface area (TPSA) is 26.3 Å². The Balaban J connectivity index is 1.89. The molecule has 0 N–H and O–H groups in total. The average Bonchev–Trinajstić information content (AvgIpc) is 2.76. The second kappa shape index (κ2) is 7.51. The zero-order chi connectivity index (χ0) is 19.7. The van der Waals surface area contributed by atoms with Crippen molar-refractivity contribution in [2.24, 2.45) is 17.8 Å². The Morgan fingerprint density at radius 3 is 2.27 bits per heavy atom. The lowest BCUT2D eigenvalue weighted by atomic mass is 9.75. The summed E-state index contributed by atoms with van der Waals surface area (Å²) in [5.41, 5.74) is 0.596. The summed E-state index contributed by atoms with van der Waals surface area (Å²) < 4.78 is 5.91. The second-order valence-corrected chi connectivity index (χ2v) is 15.4. The number of rotatable bonds is 3. The number of carbonyl (C=O) groups is 1. The van der Waals surface area contributed by atoms with Crippen LogP contribution >= 0.6 is 95.6 Å². The highest BCUT2D eigenvalue weighted by atomic mass is 79.9. The van der Waals surface area contributed by atoms with E-state index in [1.165, 1.54) is 6.42 Å². The van der Waals surface area contributed by atoms with Gasteiger partial charge in [0.25, 0.3) is 0 Å². The summed E-state index contributed by atoms with van der Waals surface area (Å²) in [5, 5.41) is 0. The highest BCUT2D eigenvalue weighted by molar-refractivity contribution is 9.27. The average molecular weight is 748 g/mol. The lowest BCUT2D eigenvalue weighted by molar-refractivity contribution is -0.151. The number of hydrogen-bond donors (Lipinski definition) is 0. The molecule has 5 atom stereocenters. The molecule has 0 saturated heterocycles. The van der Waals surface area contributed by atoms with E-state index in [0.717, 1.165) is 21.8 Å². The van der Waals surface area contributed by atoms with Crippen molar-refractivity contribution in [3.8, 4) is 0 Å². The van der Waals surface area contributed by atoms with Crippen LogP contribution in [0.4, 0.5) is 0 Å². The van der Waals surface area contributed by atoms with Crippen molar-refractivity contribution >= 4 is 102 Å². The van der Waals surface area contributed by atoms with E-state index in [-0.39, 0.29) is 12.1 Å². The van der Waals surface area contributed by atoms with Crippen molar-refractivity contribution in [3.05, 3.63) is 20.6 Å². The summed E-state index contributed by atoms with van der Waals surface area (Å²) in [6.45, 7) is 6.68. The van der Waals surface area contributed by atoms with Gasteiger partial charge in [-0.2, -0.15) is 0 Å². The van der Waals surface area contributed by atoms with Gasteiger partial charge < -0.3 is 4.74 Å². The van der Waals surface area contributed by atoms with Crippen LogP contribution in [0, 0.1) is 17.8 Å². The molecule has 26 heavy (non-hydrogen) atoms. The van der Waals surface area contributed by atoms with Gasteiger partial charge in [0.2, 0.25) is 0 Å². The predicted octanol–water partition coefficient (Wildman–Crippen LogP) is 7.70. The molecule has 0 radical (unpaired) electrons. The van der Waals surface area contributed by atoms with Gasteiger partial charge in [-0.1, -0.05) is 123 Å². The molecule has 0 amide bonds. The monoisotopic (exact) mass is 742 g/mol. The number of fused-ring (bicyclic) bond motifs is 2. The summed E-state index contributed by atoms with van der Waals surface area (Å²) in [5.74, 6) is 1.25. The van der Waals surface area contributed by atoms with Crippen molar-refractivity contribution in [1.29, 1.82) is 0 Å². The Morgan fingerprint density at radius 1 is 1.15 bits per heavy atom. The van der Waals surface area contributed by atoms with E-state index in [4.69, 9.17) is 4.74 Å². The highest BCUT2D eigenvalue weighted by Gasteiger charge is 2.74. The van der Waals surface area contributed by atoms with Gasteiger partial charge in [-0.3, -0.25) is 0 Å². The van der Waals surface area contributed by atoms with Crippen molar-refractivity contribution in [3.63, 3.8) is 0 Å². The van der Waals surface area contributed by atoms with Crippen LogP contribution < -0.4 is 0 Å². The van der Waals surface area contributed by atoms with Crippen LogP contribution in [0.1, 0.15) is 40.0 Å². The fourth-order valence-electron chi connectivity index (χ4n) is 4.23. The van der Waals surface area contributed by atoms with E-state index >= 15 is 0 Å². The zero-order valence-electron chi connectivity index (χ0n) is 14.6. The van der Waals surface area contributed by atoms with E-state index in [0.29, 0.717) is 23.3 Å². The Kier molecular flexibility index (Phi) is 6.50. The minimum absolute atomic E-state index is 0.0279. The third-order valence-corrected chi connectivity index (χ3v) is 16.7. The van der Waals surface area contributed by atoms with Crippen LogP contribution in [-0.2, 0) is 9.53 Å². The molecule has 0 aromatic carbocycles. The number of ether oxygens (including phenoxy) is 1. The van der Waals surface area contributed by atoms with Gasteiger partial charge >= 0.3 is 5.97 Å². The van der Waals surface area contributed by atoms with Crippen LogP contribution in [0.25, 0.3) is 0 Å². The molecular formula is C18H20Br6O2. The molecule has 0 aliphatic heterocycles. The van der Waals surface area contributed by atoms with Crippen LogP contribution in [0.2, 0.25) is 0 Å². The maximum absolute atomic E-state index is 13.2. The van der Waals surface area contributed by atoms with Crippen LogP contribution in [0.15, 0.2) is 20.6 Å². The smallest absolute Gasteiger partial charge is 0.335 e. The molecule has 3 aliphatic rings. The molecule has 0 aromatic heterocycles. The SMILES string of the molecule is CC(C)[C@@H]1CC[C@@H](C)C[C@H]1OC(=O)C1=C[C@@]2(Br)C(Br)=C(Br)[C@]1(Br)C2(Br)Br. The summed E-state index contributed by atoms with van der Waals surface area (Å²) in [6.07, 6.45) is 5.16. The second-order valence-electron chi connectivity index (χ2n) is 7.90. The number of halogens is 6. The van der Waals surface area contributed by atoms with Gasteiger partial charge in [0, 0.05) is 8.96 Å². The molecule has 0 spiro atoms. The highest BCUT2D eigenvalue weighted by Crippen LogP contribution is 2.75. The molecular weight excluding hydrogens is 728 g/mol. The lowest BCUT2D eigenvalue weighted by Crippen LogP contribution is -2.45. The van der Waals surface area contributed by atoms with Gasteiger partial charge in [-0.25, -0.2) is 4.79 Å². The number of hydrogen-bond acceptors (Lipinski definition) is 2. The molecule has 0 heterocycles. The summed E-state index contributed by atoms with van der Waals surface area (Å²) in [6, 6.07) is 0. The fourth-order valence-corrected chi connectivity index (χ4v) is 10.6.